The lowest BCUT2D eigenvalue weighted by Crippen LogP contribution is -2.45. The van der Waals surface area contributed by atoms with Crippen molar-refractivity contribution in [3.05, 3.63) is 99.6 Å². The van der Waals surface area contributed by atoms with Crippen LogP contribution in [0.25, 0.3) is 0 Å². The summed E-state index contributed by atoms with van der Waals surface area (Å²) in [6, 6.07) is 20.9. The van der Waals surface area contributed by atoms with E-state index < -0.39 is 6.04 Å². The molecule has 3 N–H and O–H groups in total. The molecule has 3 aromatic carbocycles. The van der Waals surface area contributed by atoms with Crippen molar-refractivity contribution in [3.63, 3.8) is 0 Å². The topological polar surface area (TPSA) is 58.4 Å². The van der Waals surface area contributed by atoms with Crippen LogP contribution in [0.3, 0.4) is 0 Å². The van der Waals surface area contributed by atoms with Crippen LogP contribution in [0, 0.1) is 20.8 Å². The second-order valence-electron chi connectivity index (χ2n) is 9.51. The number of hydrogen-bond donors (Lipinski definition) is 2. The van der Waals surface area contributed by atoms with E-state index in [1.54, 1.807) is 0 Å². The van der Waals surface area contributed by atoms with E-state index in [0.29, 0.717) is 6.42 Å². The zero-order chi connectivity index (χ0) is 23.5. The van der Waals surface area contributed by atoms with Crippen molar-refractivity contribution < 1.29 is 4.79 Å². The molecular formula is C29H35N3O. The largest absolute Gasteiger partial charge is 0.374 e. The lowest BCUT2D eigenvalue weighted by atomic mass is 9.92. The molecule has 4 heteroatoms. The van der Waals surface area contributed by atoms with Gasteiger partial charge >= 0.3 is 0 Å². The van der Waals surface area contributed by atoms with Gasteiger partial charge in [-0.15, -0.1) is 0 Å². The molecular weight excluding hydrogens is 406 g/mol. The molecule has 1 amide bonds. The maximum Gasteiger partial charge on any atom is 0.237 e. The van der Waals surface area contributed by atoms with E-state index in [1.807, 2.05) is 6.07 Å². The summed E-state index contributed by atoms with van der Waals surface area (Å²) in [5.41, 5.74) is 16.1. The monoisotopic (exact) mass is 441 g/mol. The fraction of sp³-hybridized carbons (Fsp3) is 0.345. The molecule has 0 saturated heterocycles. The molecule has 1 heterocycles. The molecule has 0 saturated carbocycles. The van der Waals surface area contributed by atoms with Gasteiger partial charge in [-0.2, -0.15) is 0 Å². The van der Waals surface area contributed by atoms with Gasteiger partial charge in [-0.25, -0.2) is 0 Å². The molecule has 172 valence electrons. The summed E-state index contributed by atoms with van der Waals surface area (Å²) in [7, 11) is 2.11. The maximum atomic E-state index is 13.1. The van der Waals surface area contributed by atoms with E-state index in [4.69, 9.17) is 5.73 Å². The molecule has 0 fully saturated rings. The van der Waals surface area contributed by atoms with Crippen molar-refractivity contribution in [1.82, 2.24) is 5.32 Å². The first-order valence-corrected chi connectivity index (χ1v) is 11.8. The number of anilines is 1. The Hall–Kier alpha value is -3.11. The number of fused-ring (bicyclic) bond motifs is 1. The molecule has 33 heavy (non-hydrogen) atoms. The fourth-order valence-corrected chi connectivity index (χ4v) is 5.04. The van der Waals surface area contributed by atoms with Crippen LogP contribution in [0.2, 0.25) is 0 Å². The Bertz CT molecular complexity index is 1120. The van der Waals surface area contributed by atoms with Gasteiger partial charge in [0.2, 0.25) is 5.91 Å². The molecule has 0 aromatic heterocycles. The van der Waals surface area contributed by atoms with E-state index >= 15 is 0 Å². The van der Waals surface area contributed by atoms with Crippen LogP contribution in [0.4, 0.5) is 5.69 Å². The molecule has 1 aliphatic heterocycles. The summed E-state index contributed by atoms with van der Waals surface area (Å²) in [6.07, 6.45) is 2.31. The minimum absolute atomic E-state index is 0.0225. The highest BCUT2D eigenvalue weighted by molar-refractivity contribution is 5.83. The normalized spacial score (nSPS) is 16.3. The van der Waals surface area contributed by atoms with Gasteiger partial charge in [-0.05, 0) is 79.5 Å². The minimum Gasteiger partial charge on any atom is -0.374 e. The number of rotatable bonds is 6. The summed E-state index contributed by atoms with van der Waals surface area (Å²) in [4.78, 5) is 15.4. The van der Waals surface area contributed by atoms with E-state index in [1.165, 1.54) is 44.6 Å². The van der Waals surface area contributed by atoms with E-state index in [2.05, 4.69) is 92.6 Å². The van der Waals surface area contributed by atoms with Crippen LogP contribution >= 0.6 is 0 Å². The highest BCUT2D eigenvalue weighted by Crippen LogP contribution is 2.34. The average molecular weight is 442 g/mol. The SMILES string of the molecule is Cc1cc(C)c(C[C@H](N)C(=O)N[C@H]2CCN(C)c3ccc(Cc4ccccc4)cc32)c(C)c1. The first-order valence-electron chi connectivity index (χ1n) is 11.8. The number of benzene rings is 3. The first-order chi connectivity index (χ1) is 15.8. The number of nitrogens with one attached hydrogen (secondary N) is 1. The minimum atomic E-state index is -0.569. The Kier molecular flexibility index (Phi) is 6.85. The van der Waals surface area contributed by atoms with Crippen molar-refractivity contribution in [1.29, 1.82) is 0 Å². The Morgan fingerprint density at radius 2 is 1.73 bits per heavy atom. The van der Waals surface area contributed by atoms with Crippen molar-refractivity contribution in [2.45, 2.75) is 52.1 Å². The zero-order valence-corrected chi connectivity index (χ0v) is 20.2. The smallest absolute Gasteiger partial charge is 0.237 e. The molecule has 1 aliphatic rings. The molecule has 2 atom stereocenters. The van der Waals surface area contributed by atoms with E-state index in [9.17, 15) is 4.79 Å². The lowest BCUT2D eigenvalue weighted by molar-refractivity contribution is -0.123. The van der Waals surface area contributed by atoms with Gasteiger partial charge in [0.15, 0.2) is 0 Å². The number of amides is 1. The van der Waals surface area contributed by atoms with Crippen molar-refractivity contribution in [2.75, 3.05) is 18.5 Å². The van der Waals surface area contributed by atoms with Crippen molar-refractivity contribution in [2.24, 2.45) is 5.73 Å². The molecule has 0 aliphatic carbocycles. The number of aryl methyl sites for hydroxylation is 3. The van der Waals surface area contributed by atoms with Gasteiger partial charge in [0, 0.05) is 19.3 Å². The molecule has 0 spiro atoms. The quantitative estimate of drug-likeness (QED) is 0.579. The van der Waals surface area contributed by atoms with Gasteiger partial charge < -0.3 is 16.0 Å². The zero-order valence-electron chi connectivity index (χ0n) is 20.2. The van der Waals surface area contributed by atoms with Crippen LogP contribution in [0.15, 0.2) is 60.7 Å². The highest BCUT2D eigenvalue weighted by Gasteiger charge is 2.27. The predicted molar refractivity (Wildman–Crippen MR) is 137 cm³/mol. The number of carbonyl (C=O) groups is 1. The predicted octanol–water partition coefficient (Wildman–Crippen LogP) is 4.77. The number of nitrogens with zero attached hydrogens (tertiary/aromatic N) is 1. The Morgan fingerprint density at radius 1 is 1.03 bits per heavy atom. The fourth-order valence-electron chi connectivity index (χ4n) is 5.04. The van der Waals surface area contributed by atoms with Crippen LogP contribution in [0.1, 0.15) is 51.4 Å². The van der Waals surface area contributed by atoms with Crippen LogP contribution in [-0.4, -0.2) is 25.5 Å². The number of nitrogens with two attached hydrogens (primary N) is 1. The molecule has 4 rings (SSSR count). The van der Waals surface area contributed by atoms with Gasteiger partial charge in [0.1, 0.15) is 0 Å². The third-order valence-electron chi connectivity index (χ3n) is 6.80. The van der Waals surface area contributed by atoms with Gasteiger partial charge in [-0.3, -0.25) is 4.79 Å². The summed E-state index contributed by atoms with van der Waals surface area (Å²) < 4.78 is 0. The van der Waals surface area contributed by atoms with Crippen molar-refractivity contribution >= 4 is 11.6 Å². The molecule has 0 bridgehead atoms. The van der Waals surface area contributed by atoms with Crippen molar-refractivity contribution in [3.8, 4) is 0 Å². The number of carbonyl (C=O) groups excluding carboxylic acids is 1. The average Bonchev–Trinajstić information content (AvgIpc) is 2.78. The second kappa shape index (κ2) is 9.80. The summed E-state index contributed by atoms with van der Waals surface area (Å²) in [6.45, 7) is 7.20. The third-order valence-corrected chi connectivity index (χ3v) is 6.80. The highest BCUT2D eigenvalue weighted by atomic mass is 16.2. The van der Waals surface area contributed by atoms with Gasteiger partial charge in [0.25, 0.3) is 0 Å². The Morgan fingerprint density at radius 3 is 2.42 bits per heavy atom. The molecule has 4 nitrogen and oxygen atoms in total. The van der Waals surface area contributed by atoms with Crippen LogP contribution in [-0.2, 0) is 17.6 Å². The van der Waals surface area contributed by atoms with E-state index in [-0.39, 0.29) is 11.9 Å². The molecule has 0 unspecified atom stereocenters. The standard InChI is InChI=1S/C29H35N3O/c1-19-14-20(2)24(21(3)15-19)18-26(30)29(33)31-27-12-13-32(4)28-11-10-23(17-25(27)28)16-22-8-6-5-7-9-22/h5-11,14-15,17,26-27H,12-13,16,18,30H2,1-4H3,(H,31,33)/t26-,27-/m0/s1. The van der Waals surface area contributed by atoms with Gasteiger partial charge in [-0.1, -0.05) is 60.2 Å². The van der Waals surface area contributed by atoms with Crippen LogP contribution < -0.4 is 16.0 Å². The Labute approximate surface area is 197 Å². The number of hydrogen-bond acceptors (Lipinski definition) is 3. The summed E-state index contributed by atoms with van der Waals surface area (Å²) >= 11 is 0. The van der Waals surface area contributed by atoms with Gasteiger partial charge in [0.05, 0.1) is 12.1 Å². The maximum absolute atomic E-state index is 13.1. The molecule has 3 aromatic rings. The van der Waals surface area contributed by atoms with E-state index in [0.717, 1.165) is 19.4 Å². The third kappa shape index (κ3) is 5.28. The lowest BCUT2D eigenvalue weighted by Gasteiger charge is -2.34. The Balaban J connectivity index is 1.51. The van der Waals surface area contributed by atoms with Crippen LogP contribution in [0.5, 0.6) is 0 Å². The summed E-state index contributed by atoms with van der Waals surface area (Å²) in [5, 5.41) is 3.27. The summed E-state index contributed by atoms with van der Waals surface area (Å²) in [5.74, 6) is -0.0802. The molecule has 0 radical (unpaired) electrons. The second-order valence-corrected chi connectivity index (χ2v) is 9.51. The first kappa shape index (κ1) is 23.1.